The molecule has 92 valence electrons. The minimum atomic E-state index is -3.93. The molecule has 0 aromatic rings. The Balaban J connectivity index is 2.86. The smallest absolute Gasteiger partial charge is 0.324 e. The first kappa shape index (κ1) is 12.9. The standard InChI is InChI=1S/C8H13NO6S/c1-15-8(12)6-3-2-4-9(6)16(13,14)5-7(10)11/h6H,2-5H2,1H3,(H,10,11). The minimum absolute atomic E-state index is 0.162. The van der Waals surface area contributed by atoms with Crippen LogP contribution in [0.4, 0.5) is 0 Å². The fourth-order valence-electron chi connectivity index (χ4n) is 1.68. The summed E-state index contributed by atoms with van der Waals surface area (Å²) in [5, 5.41) is 8.47. The van der Waals surface area contributed by atoms with E-state index in [9.17, 15) is 18.0 Å². The molecule has 0 spiro atoms. The first-order valence-corrected chi connectivity index (χ1v) is 6.28. The van der Waals surface area contributed by atoms with E-state index >= 15 is 0 Å². The number of methoxy groups -OCH3 is 1. The summed E-state index contributed by atoms with van der Waals surface area (Å²) >= 11 is 0. The monoisotopic (exact) mass is 251 g/mol. The van der Waals surface area contributed by atoms with Crippen molar-refractivity contribution in [2.45, 2.75) is 18.9 Å². The summed E-state index contributed by atoms with van der Waals surface area (Å²) in [5.74, 6) is -3.08. The second kappa shape index (κ2) is 4.79. The summed E-state index contributed by atoms with van der Waals surface area (Å²) in [6, 6.07) is -0.880. The van der Waals surface area contributed by atoms with Crippen molar-refractivity contribution in [1.29, 1.82) is 0 Å². The zero-order valence-electron chi connectivity index (χ0n) is 8.75. The third kappa shape index (κ3) is 2.70. The summed E-state index contributed by atoms with van der Waals surface area (Å²) in [5.41, 5.74) is 0. The molecule has 16 heavy (non-hydrogen) atoms. The largest absolute Gasteiger partial charge is 0.480 e. The van der Waals surface area contributed by atoms with Crippen LogP contribution in [0, 0.1) is 0 Å². The van der Waals surface area contributed by atoms with Gasteiger partial charge in [0.05, 0.1) is 7.11 Å². The molecule has 7 nitrogen and oxygen atoms in total. The van der Waals surface area contributed by atoms with Crippen LogP contribution in [-0.4, -0.2) is 55.2 Å². The summed E-state index contributed by atoms with van der Waals surface area (Å²) < 4.78 is 28.6. The molecule has 0 aliphatic carbocycles. The van der Waals surface area contributed by atoms with E-state index in [0.29, 0.717) is 12.8 Å². The van der Waals surface area contributed by atoms with Gasteiger partial charge in [0.15, 0.2) is 5.75 Å². The van der Waals surface area contributed by atoms with E-state index in [1.165, 1.54) is 7.11 Å². The van der Waals surface area contributed by atoms with Crippen LogP contribution in [0.25, 0.3) is 0 Å². The second-order valence-electron chi connectivity index (χ2n) is 3.44. The topological polar surface area (TPSA) is 101 Å². The first-order valence-electron chi connectivity index (χ1n) is 4.67. The summed E-state index contributed by atoms with van der Waals surface area (Å²) in [6.45, 7) is 0.162. The molecule has 1 aliphatic rings. The van der Waals surface area contributed by atoms with Crippen LogP contribution in [0.1, 0.15) is 12.8 Å². The van der Waals surface area contributed by atoms with Gasteiger partial charge in [0.25, 0.3) is 0 Å². The van der Waals surface area contributed by atoms with Crippen LogP contribution in [0.3, 0.4) is 0 Å². The molecule has 1 aliphatic heterocycles. The highest BCUT2D eigenvalue weighted by Gasteiger charge is 2.40. The number of sulfonamides is 1. The average molecular weight is 251 g/mol. The van der Waals surface area contributed by atoms with Crippen molar-refractivity contribution in [3.63, 3.8) is 0 Å². The molecular formula is C8H13NO6S. The fraction of sp³-hybridized carbons (Fsp3) is 0.750. The number of carboxylic acid groups (broad SMARTS) is 1. The van der Waals surface area contributed by atoms with Gasteiger partial charge in [-0.05, 0) is 12.8 Å². The highest BCUT2D eigenvalue weighted by molar-refractivity contribution is 7.89. The van der Waals surface area contributed by atoms with Crippen molar-refractivity contribution in [3.8, 4) is 0 Å². The number of rotatable bonds is 4. The molecule has 1 atom stereocenters. The second-order valence-corrected chi connectivity index (χ2v) is 5.36. The first-order chi connectivity index (χ1) is 7.38. The zero-order chi connectivity index (χ0) is 12.3. The molecule has 1 rings (SSSR count). The molecule has 1 saturated heterocycles. The maximum Gasteiger partial charge on any atom is 0.324 e. The number of ether oxygens (including phenoxy) is 1. The number of esters is 1. The molecule has 1 heterocycles. The van der Waals surface area contributed by atoms with Gasteiger partial charge >= 0.3 is 11.9 Å². The van der Waals surface area contributed by atoms with E-state index in [4.69, 9.17) is 5.11 Å². The average Bonchev–Trinajstić information content (AvgIpc) is 2.63. The van der Waals surface area contributed by atoms with Crippen molar-refractivity contribution < 1.29 is 27.9 Å². The lowest BCUT2D eigenvalue weighted by atomic mass is 10.2. The number of carboxylic acids is 1. The Kier molecular flexibility index (Phi) is 3.87. The number of carbonyl (C=O) groups is 2. The Labute approximate surface area is 93.0 Å². The highest BCUT2D eigenvalue weighted by Crippen LogP contribution is 2.22. The number of hydrogen-bond donors (Lipinski definition) is 1. The van der Waals surface area contributed by atoms with Gasteiger partial charge < -0.3 is 9.84 Å². The zero-order valence-corrected chi connectivity index (χ0v) is 9.57. The molecule has 0 amide bonds. The number of aliphatic carboxylic acids is 1. The van der Waals surface area contributed by atoms with Crippen molar-refractivity contribution in [3.05, 3.63) is 0 Å². The molecule has 0 saturated carbocycles. The number of hydrogen-bond acceptors (Lipinski definition) is 5. The van der Waals surface area contributed by atoms with E-state index in [-0.39, 0.29) is 6.54 Å². The van der Waals surface area contributed by atoms with Crippen molar-refractivity contribution in [1.82, 2.24) is 4.31 Å². The van der Waals surface area contributed by atoms with Gasteiger partial charge in [-0.1, -0.05) is 0 Å². The van der Waals surface area contributed by atoms with Crippen LogP contribution < -0.4 is 0 Å². The quantitative estimate of drug-likeness (QED) is 0.646. The van der Waals surface area contributed by atoms with E-state index in [1.54, 1.807) is 0 Å². The minimum Gasteiger partial charge on any atom is -0.480 e. The van der Waals surface area contributed by atoms with E-state index < -0.39 is 33.8 Å². The predicted octanol–water partition coefficient (Wildman–Crippen LogP) is -0.962. The van der Waals surface area contributed by atoms with E-state index in [0.717, 1.165) is 4.31 Å². The summed E-state index contributed by atoms with van der Waals surface area (Å²) in [4.78, 5) is 21.7. The molecule has 1 unspecified atom stereocenters. The van der Waals surface area contributed by atoms with Gasteiger partial charge in [0, 0.05) is 6.54 Å². The van der Waals surface area contributed by atoms with E-state index in [2.05, 4.69) is 4.74 Å². The number of carbonyl (C=O) groups excluding carboxylic acids is 1. The normalized spacial score (nSPS) is 21.9. The Bertz CT molecular complexity index is 389. The van der Waals surface area contributed by atoms with Gasteiger partial charge in [0.2, 0.25) is 10.0 Å². The fourth-order valence-corrected chi connectivity index (χ4v) is 3.15. The Morgan fingerprint density at radius 1 is 1.50 bits per heavy atom. The third-order valence-corrected chi connectivity index (χ3v) is 4.10. The summed E-state index contributed by atoms with van der Waals surface area (Å²) in [6.07, 6.45) is 0.893. The van der Waals surface area contributed by atoms with Crippen LogP contribution in [-0.2, 0) is 24.3 Å². The Hall–Kier alpha value is -1.15. The lowest BCUT2D eigenvalue weighted by molar-refractivity contribution is -0.144. The SMILES string of the molecule is COC(=O)C1CCCN1S(=O)(=O)CC(=O)O. The van der Waals surface area contributed by atoms with Crippen LogP contribution in [0.2, 0.25) is 0 Å². The molecule has 0 radical (unpaired) electrons. The van der Waals surface area contributed by atoms with Crippen molar-refractivity contribution >= 4 is 22.0 Å². The van der Waals surface area contributed by atoms with Crippen LogP contribution >= 0.6 is 0 Å². The maximum atomic E-state index is 11.6. The van der Waals surface area contributed by atoms with Gasteiger partial charge in [0.1, 0.15) is 6.04 Å². The third-order valence-electron chi connectivity index (χ3n) is 2.34. The Morgan fingerprint density at radius 2 is 2.12 bits per heavy atom. The van der Waals surface area contributed by atoms with Crippen molar-refractivity contribution in [2.24, 2.45) is 0 Å². The predicted molar refractivity (Wildman–Crippen MR) is 53.2 cm³/mol. The van der Waals surface area contributed by atoms with Gasteiger partial charge in [-0.3, -0.25) is 9.59 Å². The molecule has 8 heteroatoms. The van der Waals surface area contributed by atoms with Gasteiger partial charge in [-0.25, -0.2) is 8.42 Å². The lowest BCUT2D eigenvalue weighted by Gasteiger charge is -2.20. The summed E-state index contributed by atoms with van der Waals surface area (Å²) in [7, 11) is -2.76. The maximum absolute atomic E-state index is 11.6. The van der Waals surface area contributed by atoms with Crippen molar-refractivity contribution in [2.75, 3.05) is 19.4 Å². The molecule has 0 bridgehead atoms. The molecule has 0 aromatic heterocycles. The molecule has 1 fully saturated rings. The van der Waals surface area contributed by atoms with Crippen LogP contribution in [0.15, 0.2) is 0 Å². The number of nitrogens with zero attached hydrogens (tertiary/aromatic N) is 1. The van der Waals surface area contributed by atoms with Crippen LogP contribution in [0.5, 0.6) is 0 Å². The Morgan fingerprint density at radius 3 is 2.62 bits per heavy atom. The molecular weight excluding hydrogens is 238 g/mol. The molecule has 0 aromatic carbocycles. The highest BCUT2D eigenvalue weighted by atomic mass is 32.2. The molecule has 1 N–H and O–H groups in total. The lowest BCUT2D eigenvalue weighted by Crippen LogP contribution is -2.43. The van der Waals surface area contributed by atoms with Gasteiger partial charge in [-0.2, -0.15) is 4.31 Å². The van der Waals surface area contributed by atoms with Gasteiger partial charge in [-0.15, -0.1) is 0 Å². The van der Waals surface area contributed by atoms with E-state index in [1.807, 2.05) is 0 Å².